The molecule has 4 aliphatic carbocycles. The Balaban J connectivity index is 0.000000319. The zero-order chi connectivity index (χ0) is 72.4. The number of imide groups is 3. The van der Waals surface area contributed by atoms with Gasteiger partial charge in [-0.25, -0.2) is 4.79 Å². The van der Waals surface area contributed by atoms with Gasteiger partial charge in [-0.15, -0.1) is 5.92 Å². The largest absolute Gasteiger partial charge is 0.542 e. The molecule has 4 aromatic rings. The maximum Gasteiger partial charge on any atom is 0.346 e. The van der Waals surface area contributed by atoms with E-state index in [9.17, 15) is 57.5 Å². The predicted molar refractivity (Wildman–Crippen MR) is 373 cm³/mol. The standard InChI is InChI=1S/C18H21NO4.C17H19NO4.C17H18NO3.C9H17NO2.C9H6O3.4C2H6.Y/c1-23-18(22)13-8-6-12(7-9-13)11-19-16(20)10-14-4-2-3-5-15(14)17(19)21;19-15-9-13-3-1-2-4-14(13)16(20)18(15)10-11-5-7-12(8-6-11)17(21)22;19-11-13-7-5-12(6-8-13)10-18-16(20)9-14-3-1-2-4-15(14)17(18)21;1-12-9(11)8-4-2-7(6-10)3-5-8;10-8-5-6-3-1-2-4-7(6)9(11)12-8;4*1-2;/h2-5,12-13H,6-11H2,1H3;1-4,11-12H,5-10H2,(H,21,22);1-4,12-13H,5-10H2;7-8H,2-6,10H2,1H3;1-4H,5H2;4*1-2H3;/q;;-1;;;;;;;. The van der Waals surface area contributed by atoms with Gasteiger partial charge in [0.15, 0.2) is 0 Å². The van der Waals surface area contributed by atoms with Crippen LogP contribution < -0.4 is 5.73 Å². The number of esters is 4. The van der Waals surface area contributed by atoms with E-state index in [-0.39, 0.29) is 128 Å². The summed E-state index contributed by atoms with van der Waals surface area (Å²) in [6.45, 7) is 18.1. The first kappa shape index (κ1) is 85.8. The maximum atomic E-state index is 12.6. The number of nitrogens with zero attached hydrogens (tertiary/aromatic N) is 3. The van der Waals surface area contributed by atoms with Gasteiger partial charge in [0.05, 0.1) is 63.2 Å². The number of carboxylic acid groups (broad SMARTS) is 1. The molecule has 4 fully saturated rings. The second-order valence-corrected chi connectivity index (χ2v) is 24.6. The number of fused-ring (bicyclic) bond motifs is 4. The summed E-state index contributed by atoms with van der Waals surface area (Å²) >= 11 is 0. The third-order valence-corrected chi connectivity index (χ3v) is 18.8. The summed E-state index contributed by atoms with van der Waals surface area (Å²) in [4.78, 5) is 145. The van der Waals surface area contributed by atoms with Crippen LogP contribution in [0, 0.1) is 47.3 Å². The van der Waals surface area contributed by atoms with Crippen molar-refractivity contribution in [2.75, 3.05) is 40.4 Å². The fourth-order valence-corrected chi connectivity index (χ4v) is 13.4. The van der Waals surface area contributed by atoms with Gasteiger partial charge in [-0.2, -0.15) is 0 Å². The summed E-state index contributed by atoms with van der Waals surface area (Å²) in [6.07, 6.45) is 16.6. The topological polar surface area (TPSA) is 288 Å². The number of hydrogen-bond acceptors (Lipinski definition) is 16. The molecule has 6 amide bonds. The monoisotopic (exact) mass is 1440 g/mol. The van der Waals surface area contributed by atoms with E-state index in [0.717, 1.165) is 119 Å². The van der Waals surface area contributed by atoms with Crippen LogP contribution in [-0.4, -0.2) is 132 Å². The number of rotatable bonds is 11. The Hall–Kier alpha value is -7.42. The van der Waals surface area contributed by atoms with Gasteiger partial charge in [0, 0.05) is 69.0 Å². The molecule has 0 unspecified atom stereocenters. The normalized spacial score (nSPS) is 22.4. The summed E-state index contributed by atoms with van der Waals surface area (Å²) in [5.74, 6) is -1.62. The van der Waals surface area contributed by atoms with Crippen molar-refractivity contribution in [2.24, 2.45) is 53.1 Å². The number of aliphatic carboxylic acids is 1. The number of hydrogen-bond donors (Lipinski definition) is 2. The van der Waals surface area contributed by atoms with Crippen molar-refractivity contribution in [1.82, 2.24) is 14.7 Å². The average molecular weight is 1440 g/mol. The fraction of sp³-hybridized carbons (Fsp3) is 0.538. The fourth-order valence-electron chi connectivity index (χ4n) is 13.4. The van der Waals surface area contributed by atoms with Crippen LogP contribution in [0.3, 0.4) is 0 Å². The average Bonchev–Trinajstić information content (AvgIpc) is 0.811. The number of carbonyl (C=O) groups is 11. The summed E-state index contributed by atoms with van der Waals surface area (Å²) in [7, 11) is 2.87. The number of benzene rings is 4. The van der Waals surface area contributed by atoms with E-state index in [0.29, 0.717) is 79.4 Å². The molecule has 3 N–H and O–H groups in total. The Bertz CT molecular complexity index is 3300. The molecule has 1 radical (unpaired) electrons. The van der Waals surface area contributed by atoms with Gasteiger partial charge in [0.2, 0.25) is 17.7 Å². The molecule has 0 spiro atoms. The molecule has 8 aliphatic rings. The molecule has 12 rings (SSSR count). The first-order valence-corrected chi connectivity index (χ1v) is 35.5. The number of methoxy groups -OCH3 is 2. The minimum absolute atomic E-state index is 0. The molecule has 20 nitrogen and oxygen atoms in total. The molecule has 4 aromatic carbocycles. The molecule has 0 saturated heterocycles. The number of ether oxygens (including phenoxy) is 3. The van der Waals surface area contributed by atoms with Gasteiger partial charge in [-0.1, -0.05) is 154 Å². The molecule has 537 valence electrons. The van der Waals surface area contributed by atoms with Crippen molar-refractivity contribution in [3.8, 4) is 0 Å². The molecular weight excluding hydrogens is 1340 g/mol. The van der Waals surface area contributed by atoms with Crippen molar-refractivity contribution < 1.29 is 110 Å². The predicted octanol–water partition coefficient (Wildman–Crippen LogP) is 12.4. The van der Waals surface area contributed by atoms with E-state index in [1.807, 2.05) is 110 Å². The van der Waals surface area contributed by atoms with Crippen LogP contribution in [0.25, 0.3) is 0 Å². The first-order chi connectivity index (χ1) is 47.4. The summed E-state index contributed by atoms with van der Waals surface area (Å²) in [5, 5.41) is 9.02. The number of carbonyl (C=O) groups excluding carboxylic acids is 11. The minimum atomic E-state index is -0.738. The minimum Gasteiger partial charge on any atom is -0.542 e. The molecule has 4 heterocycles. The van der Waals surface area contributed by atoms with Crippen LogP contribution >= 0.6 is 0 Å². The van der Waals surface area contributed by atoms with Crippen LogP contribution in [0.2, 0.25) is 0 Å². The van der Waals surface area contributed by atoms with E-state index in [2.05, 4.69) is 15.8 Å². The van der Waals surface area contributed by atoms with Crippen molar-refractivity contribution in [2.45, 2.75) is 184 Å². The Labute approximate surface area is 610 Å². The Morgan fingerprint density at radius 2 is 0.717 bits per heavy atom. The van der Waals surface area contributed by atoms with Crippen LogP contribution in [0.5, 0.6) is 0 Å². The molecule has 0 atom stereocenters. The van der Waals surface area contributed by atoms with Gasteiger partial charge in [0.1, 0.15) is 0 Å². The molecular formula is C78H105N4O16Y-. The van der Waals surface area contributed by atoms with Gasteiger partial charge in [-0.3, -0.25) is 68.9 Å². The zero-order valence-electron chi connectivity index (χ0n) is 59.9. The van der Waals surface area contributed by atoms with Crippen molar-refractivity contribution in [1.29, 1.82) is 0 Å². The van der Waals surface area contributed by atoms with Crippen LogP contribution in [-0.2, 0) is 111 Å². The zero-order valence-corrected chi connectivity index (χ0v) is 62.7. The van der Waals surface area contributed by atoms with E-state index < -0.39 is 17.9 Å². The van der Waals surface area contributed by atoms with Crippen LogP contribution in [0.4, 0.5) is 0 Å². The molecule has 0 aromatic heterocycles. The Morgan fingerprint density at radius 1 is 0.434 bits per heavy atom. The second kappa shape index (κ2) is 45.4. The summed E-state index contributed by atoms with van der Waals surface area (Å²) in [6, 6.07) is 28.8. The summed E-state index contributed by atoms with van der Waals surface area (Å²) in [5.41, 5.74) is 11.1. The van der Waals surface area contributed by atoms with E-state index >= 15 is 0 Å². The Morgan fingerprint density at radius 3 is 1.02 bits per heavy atom. The van der Waals surface area contributed by atoms with Gasteiger partial charge in [0.25, 0.3) is 17.7 Å². The van der Waals surface area contributed by atoms with Crippen molar-refractivity contribution in [3.05, 3.63) is 142 Å². The summed E-state index contributed by atoms with van der Waals surface area (Å²) < 4.78 is 13.9. The van der Waals surface area contributed by atoms with Gasteiger partial charge < -0.3 is 29.8 Å². The van der Waals surface area contributed by atoms with E-state index in [1.54, 1.807) is 42.5 Å². The molecule has 21 heteroatoms. The number of amides is 6. The SMILES string of the molecule is CC.CC.CC.CC.COC(=O)C1CCC(CN)CC1.COC(=O)C1CCC(CN2C(=O)Cc3ccccc3C2=O)CC1.O=C(O)C1CCC(CN2C(=O)Cc3ccccc3C2=O)CC1.O=C1Cc2ccccc2C(=O)O1.O=[C-]C1CCC(CN2C(=O)Cc3ccccc3C2=O)CC1.[Y]. The third kappa shape index (κ3) is 25.0. The molecule has 99 heavy (non-hydrogen) atoms. The Kier molecular flexibility index (Phi) is 39.3. The maximum absolute atomic E-state index is 12.6. The molecule has 4 aliphatic heterocycles. The van der Waals surface area contributed by atoms with Crippen molar-refractivity contribution in [3.63, 3.8) is 0 Å². The number of cyclic esters (lactones) is 2. The van der Waals surface area contributed by atoms with Crippen LogP contribution in [0.1, 0.15) is 222 Å². The quantitative estimate of drug-likeness (QED) is 0.0464. The van der Waals surface area contributed by atoms with Gasteiger partial charge in [-0.05, 0) is 154 Å². The molecule has 4 saturated carbocycles. The van der Waals surface area contributed by atoms with Crippen LogP contribution in [0.15, 0.2) is 97.1 Å². The first-order valence-electron chi connectivity index (χ1n) is 35.5. The van der Waals surface area contributed by atoms with Gasteiger partial charge >= 0.3 is 29.8 Å². The smallest absolute Gasteiger partial charge is 0.346 e. The number of carboxylic acids is 1. The molecule has 0 bridgehead atoms. The number of nitrogens with two attached hydrogens (primary N) is 1. The second-order valence-electron chi connectivity index (χ2n) is 24.6. The van der Waals surface area contributed by atoms with E-state index in [4.69, 9.17) is 15.6 Å². The van der Waals surface area contributed by atoms with Crippen molar-refractivity contribution >= 4 is 71.6 Å². The third-order valence-electron chi connectivity index (χ3n) is 18.8. The van der Waals surface area contributed by atoms with E-state index in [1.165, 1.54) is 28.9 Å².